The van der Waals surface area contributed by atoms with Gasteiger partial charge in [0.15, 0.2) is 0 Å². The van der Waals surface area contributed by atoms with Gasteiger partial charge in [0, 0.05) is 0 Å². The number of nitrogens with one attached hydrogen (secondary N) is 1. The van der Waals surface area contributed by atoms with Crippen LogP contribution in [0.5, 0.6) is 0 Å². The maximum absolute atomic E-state index is 11.7. The summed E-state index contributed by atoms with van der Waals surface area (Å²) >= 11 is 0. The maximum Gasteiger partial charge on any atom is 0.408 e. The molecule has 0 saturated heterocycles. The second-order valence-electron chi connectivity index (χ2n) is 6.58. The van der Waals surface area contributed by atoms with Crippen LogP contribution in [-0.4, -0.2) is 28.8 Å². The number of allylic oxidation sites excluding steroid dienone is 2. The van der Waals surface area contributed by atoms with E-state index in [2.05, 4.69) is 24.4 Å². The molecular formula is C16H27NO4. The van der Waals surface area contributed by atoms with Gasteiger partial charge in [0.05, 0.1) is 0 Å². The van der Waals surface area contributed by atoms with Gasteiger partial charge in [0.25, 0.3) is 0 Å². The van der Waals surface area contributed by atoms with Crippen LogP contribution in [0.1, 0.15) is 53.4 Å². The van der Waals surface area contributed by atoms with E-state index in [9.17, 15) is 14.7 Å². The number of carboxylic acid groups (broad SMARTS) is 1. The highest BCUT2D eigenvalue weighted by Crippen LogP contribution is 2.44. The van der Waals surface area contributed by atoms with Gasteiger partial charge in [0.2, 0.25) is 0 Å². The molecule has 120 valence electrons. The highest BCUT2D eigenvalue weighted by molar-refractivity contribution is 5.80. The van der Waals surface area contributed by atoms with Crippen molar-refractivity contribution in [1.82, 2.24) is 5.32 Å². The number of carbonyl (C=O) groups is 2. The molecule has 2 unspecified atom stereocenters. The number of hydrogen-bond acceptors (Lipinski definition) is 3. The van der Waals surface area contributed by atoms with Gasteiger partial charge < -0.3 is 15.2 Å². The Balaban J connectivity index is 2.44. The predicted octanol–water partition coefficient (Wildman–Crippen LogP) is 3.35. The van der Waals surface area contributed by atoms with Crippen molar-refractivity contribution < 1.29 is 19.4 Å². The minimum atomic E-state index is -0.988. The molecule has 1 aliphatic rings. The molecule has 0 aromatic heterocycles. The van der Waals surface area contributed by atoms with Crippen molar-refractivity contribution in [3.63, 3.8) is 0 Å². The number of aliphatic carboxylic acids is 1. The molecule has 0 spiro atoms. The molecule has 0 radical (unpaired) electrons. The molecular weight excluding hydrogens is 270 g/mol. The lowest BCUT2D eigenvalue weighted by Gasteiger charge is -2.22. The van der Waals surface area contributed by atoms with E-state index < -0.39 is 23.7 Å². The summed E-state index contributed by atoms with van der Waals surface area (Å²) in [6, 6.07) is -0.847. The Morgan fingerprint density at radius 1 is 1.38 bits per heavy atom. The van der Waals surface area contributed by atoms with Gasteiger partial charge in [-0.05, 0) is 58.3 Å². The number of amides is 1. The summed E-state index contributed by atoms with van der Waals surface area (Å²) < 4.78 is 5.12. The normalized spacial score (nSPS) is 22.9. The molecule has 1 aliphatic carbocycles. The number of carboxylic acids is 1. The number of carbonyl (C=O) groups excluding carboxylic acids is 1. The fraction of sp³-hybridized carbons (Fsp3) is 0.750. The predicted molar refractivity (Wildman–Crippen MR) is 81.1 cm³/mol. The molecule has 1 amide bonds. The third kappa shape index (κ3) is 6.65. The fourth-order valence-electron chi connectivity index (χ4n) is 2.39. The van der Waals surface area contributed by atoms with Crippen LogP contribution < -0.4 is 5.32 Å². The molecule has 0 heterocycles. The highest BCUT2D eigenvalue weighted by Gasteiger charge is 2.46. The Hall–Kier alpha value is -1.52. The van der Waals surface area contributed by atoms with Gasteiger partial charge in [-0.1, -0.05) is 19.1 Å². The van der Waals surface area contributed by atoms with Crippen molar-refractivity contribution in [2.75, 3.05) is 0 Å². The topological polar surface area (TPSA) is 75.6 Å². The van der Waals surface area contributed by atoms with E-state index >= 15 is 0 Å². The molecule has 21 heavy (non-hydrogen) atoms. The maximum atomic E-state index is 11.7. The Morgan fingerprint density at radius 3 is 2.57 bits per heavy atom. The molecule has 3 atom stereocenters. The van der Waals surface area contributed by atoms with Crippen molar-refractivity contribution in [1.29, 1.82) is 0 Å². The zero-order chi connectivity index (χ0) is 16.0. The van der Waals surface area contributed by atoms with Crippen LogP contribution in [0.3, 0.4) is 0 Å². The zero-order valence-corrected chi connectivity index (χ0v) is 13.4. The Kier molecular flexibility index (Phi) is 6.24. The second-order valence-corrected chi connectivity index (χ2v) is 6.58. The van der Waals surface area contributed by atoms with Gasteiger partial charge in [-0.3, -0.25) is 0 Å². The molecule has 5 heteroatoms. The molecule has 5 nitrogen and oxygen atoms in total. The quantitative estimate of drug-likeness (QED) is 0.707. The van der Waals surface area contributed by atoms with Crippen LogP contribution >= 0.6 is 0 Å². The van der Waals surface area contributed by atoms with Crippen LogP contribution in [0, 0.1) is 11.8 Å². The Labute approximate surface area is 126 Å². The lowest BCUT2D eigenvalue weighted by atomic mass is 10.1. The first-order valence-corrected chi connectivity index (χ1v) is 7.62. The largest absolute Gasteiger partial charge is 0.480 e. The second kappa shape index (κ2) is 7.48. The monoisotopic (exact) mass is 297 g/mol. The minimum Gasteiger partial charge on any atom is -0.480 e. The Morgan fingerprint density at radius 2 is 2.05 bits per heavy atom. The summed E-state index contributed by atoms with van der Waals surface area (Å²) in [4.78, 5) is 23.0. The van der Waals surface area contributed by atoms with Gasteiger partial charge in [-0.15, -0.1) is 0 Å². The first-order valence-electron chi connectivity index (χ1n) is 7.62. The molecule has 0 aliphatic heterocycles. The van der Waals surface area contributed by atoms with Crippen LogP contribution in [0.4, 0.5) is 4.79 Å². The minimum absolute atomic E-state index is 0.0186. The summed E-state index contributed by atoms with van der Waals surface area (Å²) in [5, 5.41) is 11.8. The lowest BCUT2D eigenvalue weighted by Crippen LogP contribution is -2.45. The number of ether oxygens (including phenoxy) is 1. The van der Waals surface area contributed by atoms with Gasteiger partial charge in [-0.25, -0.2) is 9.59 Å². The van der Waals surface area contributed by atoms with Crippen molar-refractivity contribution in [2.24, 2.45) is 11.8 Å². The molecule has 1 rings (SSSR count). The van der Waals surface area contributed by atoms with Gasteiger partial charge in [-0.2, -0.15) is 0 Å². The van der Waals surface area contributed by atoms with E-state index in [0.717, 1.165) is 25.7 Å². The van der Waals surface area contributed by atoms with Crippen molar-refractivity contribution >= 4 is 12.1 Å². The average Bonchev–Trinajstić information content (AvgIpc) is 3.08. The highest BCUT2D eigenvalue weighted by atomic mass is 16.6. The zero-order valence-electron chi connectivity index (χ0n) is 13.4. The lowest BCUT2D eigenvalue weighted by molar-refractivity contribution is -0.140. The van der Waals surface area contributed by atoms with Crippen LogP contribution in [0.2, 0.25) is 0 Å². The standard InChI is InChI=1S/C16H27NO4/c1-5-6-7-8-9-11-10-12(11)13(14(18)19)17-15(20)21-16(2,3)4/h6-7,11-13H,5,8-10H2,1-4H3,(H,17,20)(H,18,19)/b7-6-/t11-,12?,13?/m1/s1. The van der Waals surface area contributed by atoms with Crippen molar-refractivity contribution in [3.05, 3.63) is 12.2 Å². The molecule has 1 saturated carbocycles. The summed E-state index contributed by atoms with van der Waals surface area (Å²) in [6.07, 6.45) is 7.40. The van der Waals surface area contributed by atoms with E-state index in [0.29, 0.717) is 5.92 Å². The summed E-state index contributed by atoms with van der Waals surface area (Å²) in [5.41, 5.74) is -0.624. The smallest absolute Gasteiger partial charge is 0.408 e. The van der Waals surface area contributed by atoms with E-state index in [1.165, 1.54) is 0 Å². The van der Waals surface area contributed by atoms with E-state index in [-0.39, 0.29) is 5.92 Å². The molecule has 1 fully saturated rings. The average molecular weight is 297 g/mol. The van der Waals surface area contributed by atoms with E-state index in [1.54, 1.807) is 20.8 Å². The molecule has 0 aromatic carbocycles. The summed E-state index contributed by atoms with van der Waals surface area (Å²) in [7, 11) is 0. The molecule has 2 N–H and O–H groups in total. The summed E-state index contributed by atoms with van der Waals surface area (Å²) in [6.45, 7) is 7.34. The number of hydrogen-bond donors (Lipinski definition) is 2. The number of rotatable bonds is 7. The number of alkyl carbamates (subject to hydrolysis) is 1. The fourth-order valence-corrected chi connectivity index (χ4v) is 2.39. The third-order valence-electron chi connectivity index (χ3n) is 3.45. The molecule has 0 aromatic rings. The third-order valence-corrected chi connectivity index (χ3v) is 3.45. The first-order chi connectivity index (χ1) is 9.74. The van der Waals surface area contributed by atoms with Crippen LogP contribution in [-0.2, 0) is 9.53 Å². The van der Waals surface area contributed by atoms with Gasteiger partial charge in [0.1, 0.15) is 11.6 Å². The van der Waals surface area contributed by atoms with Crippen LogP contribution in [0.25, 0.3) is 0 Å². The molecule has 0 bridgehead atoms. The summed E-state index contributed by atoms with van der Waals surface area (Å²) in [5.74, 6) is -0.593. The van der Waals surface area contributed by atoms with Crippen molar-refractivity contribution in [3.8, 4) is 0 Å². The first kappa shape index (κ1) is 17.5. The van der Waals surface area contributed by atoms with Crippen LogP contribution in [0.15, 0.2) is 12.2 Å². The van der Waals surface area contributed by atoms with E-state index in [4.69, 9.17) is 4.74 Å². The van der Waals surface area contributed by atoms with E-state index in [1.807, 2.05) is 0 Å². The van der Waals surface area contributed by atoms with Crippen molar-refractivity contribution in [2.45, 2.75) is 65.0 Å². The van der Waals surface area contributed by atoms with Gasteiger partial charge >= 0.3 is 12.1 Å². The Bertz CT molecular complexity index is 398. The SMILES string of the molecule is CC/C=C\CC[C@@H]1CC1C(NC(=O)OC(C)(C)C)C(=O)O.